The summed E-state index contributed by atoms with van der Waals surface area (Å²) in [5.74, 6) is -1.23. The summed E-state index contributed by atoms with van der Waals surface area (Å²) in [6.07, 6.45) is 2.61. The molecule has 2 aromatic rings. The Hall–Kier alpha value is -1.89. The molecule has 2 rings (SSSR count). The number of aromatic nitrogens is 2. The van der Waals surface area contributed by atoms with Crippen molar-refractivity contribution in [2.24, 2.45) is 0 Å². The molecule has 96 valence electrons. The van der Waals surface area contributed by atoms with Crippen LogP contribution in [0, 0.1) is 0 Å². The van der Waals surface area contributed by atoms with Crippen molar-refractivity contribution in [2.45, 2.75) is 13.0 Å². The van der Waals surface area contributed by atoms with E-state index in [-0.39, 0.29) is 28.1 Å². The molecular formula is C11H11BrN2O4. The zero-order valence-electron chi connectivity index (χ0n) is 9.40. The molecular weight excluding hydrogens is 304 g/mol. The first-order valence-corrected chi connectivity index (χ1v) is 4.93. The Kier molecular flexibility index (Phi) is 4.07. The number of nitrogens with zero attached hydrogens (tertiary/aromatic N) is 2. The molecule has 0 aliphatic rings. The lowest BCUT2D eigenvalue weighted by Crippen LogP contribution is -2.27. The van der Waals surface area contributed by atoms with Crippen LogP contribution in [0.25, 0.3) is 10.9 Å². The number of carboxylic acid groups (broad SMARTS) is 1. The van der Waals surface area contributed by atoms with Gasteiger partial charge in [0.15, 0.2) is 0 Å². The number of carboxylic acids is 1. The third-order valence-electron chi connectivity index (χ3n) is 2.54. The second kappa shape index (κ2) is 5.18. The van der Waals surface area contributed by atoms with Gasteiger partial charge in [-0.3, -0.25) is 9.78 Å². The maximum absolute atomic E-state index is 12.0. The van der Waals surface area contributed by atoms with E-state index >= 15 is 0 Å². The Morgan fingerprint density at radius 3 is 2.78 bits per heavy atom. The quantitative estimate of drug-likeness (QED) is 0.872. The molecule has 0 aliphatic heterocycles. The van der Waals surface area contributed by atoms with E-state index in [1.165, 1.54) is 31.5 Å². The van der Waals surface area contributed by atoms with Crippen molar-refractivity contribution in [2.75, 3.05) is 0 Å². The number of hydrogen-bond acceptors (Lipinski definition) is 4. The SMILES string of the molecule is Br.CC(C(=O)O)n1ccc2ncc(O)cc2c1=O. The maximum atomic E-state index is 12.0. The molecule has 0 saturated heterocycles. The number of fused-ring (bicyclic) bond motifs is 1. The number of halogens is 1. The van der Waals surface area contributed by atoms with E-state index in [0.717, 1.165) is 4.57 Å². The fraction of sp³-hybridized carbons (Fsp3) is 0.182. The average molecular weight is 315 g/mol. The first kappa shape index (κ1) is 14.2. The highest BCUT2D eigenvalue weighted by Crippen LogP contribution is 2.14. The highest BCUT2D eigenvalue weighted by Gasteiger charge is 2.15. The molecule has 7 heteroatoms. The molecule has 2 N–H and O–H groups in total. The summed E-state index contributed by atoms with van der Waals surface area (Å²) in [5.41, 5.74) is -0.0672. The van der Waals surface area contributed by atoms with Crippen LogP contribution in [-0.4, -0.2) is 25.7 Å². The van der Waals surface area contributed by atoms with Gasteiger partial charge in [0.05, 0.1) is 17.1 Å². The first-order chi connectivity index (χ1) is 8.00. The third kappa shape index (κ3) is 2.35. The van der Waals surface area contributed by atoms with Crippen molar-refractivity contribution in [3.63, 3.8) is 0 Å². The number of aromatic hydroxyl groups is 1. The van der Waals surface area contributed by atoms with Gasteiger partial charge in [-0.2, -0.15) is 0 Å². The van der Waals surface area contributed by atoms with E-state index in [4.69, 9.17) is 5.11 Å². The molecule has 2 heterocycles. The van der Waals surface area contributed by atoms with Crippen LogP contribution in [0.1, 0.15) is 13.0 Å². The van der Waals surface area contributed by atoms with Gasteiger partial charge in [0.25, 0.3) is 5.56 Å². The van der Waals surface area contributed by atoms with Crippen molar-refractivity contribution in [1.82, 2.24) is 9.55 Å². The van der Waals surface area contributed by atoms with Gasteiger partial charge in [0, 0.05) is 6.20 Å². The van der Waals surface area contributed by atoms with Gasteiger partial charge in [-0.1, -0.05) is 0 Å². The monoisotopic (exact) mass is 314 g/mol. The fourth-order valence-corrected chi connectivity index (χ4v) is 1.55. The van der Waals surface area contributed by atoms with Crippen LogP contribution in [0.15, 0.2) is 29.3 Å². The minimum Gasteiger partial charge on any atom is -0.506 e. The highest BCUT2D eigenvalue weighted by atomic mass is 79.9. The average Bonchev–Trinajstić information content (AvgIpc) is 2.29. The molecule has 0 saturated carbocycles. The Morgan fingerprint density at radius 1 is 1.50 bits per heavy atom. The van der Waals surface area contributed by atoms with E-state index in [1.54, 1.807) is 0 Å². The van der Waals surface area contributed by atoms with E-state index in [2.05, 4.69) is 4.98 Å². The van der Waals surface area contributed by atoms with Crippen LogP contribution in [0.4, 0.5) is 0 Å². The normalized spacial score (nSPS) is 11.8. The van der Waals surface area contributed by atoms with Crippen molar-refractivity contribution in [3.05, 3.63) is 34.9 Å². The summed E-state index contributed by atoms with van der Waals surface area (Å²) in [4.78, 5) is 26.7. The molecule has 6 nitrogen and oxygen atoms in total. The van der Waals surface area contributed by atoms with Crippen LogP contribution in [0.2, 0.25) is 0 Å². The fourth-order valence-electron chi connectivity index (χ4n) is 1.55. The van der Waals surface area contributed by atoms with Gasteiger partial charge in [-0.15, -0.1) is 17.0 Å². The Balaban J connectivity index is 0.00000162. The Bertz CT molecular complexity index is 653. The molecule has 0 spiro atoms. The summed E-state index contributed by atoms with van der Waals surface area (Å²) in [6, 6.07) is 1.85. The molecule has 0 fully saturated rings. The Labute approximate surface area is 112 Å². The molecule has 0 aromatic carbocycles. The van der Waals surface area contributed by atoms with Crippen molar-refractivity contribution in [3.8, 4) is 5.75 Å². The molecule has 0 aliphatic carbocycles. The van der Waals surface area contributed by atoms with Crippen LogP contribution < -0.4 is 5.56 Å². The molecule has 1 unspecified atom stereocenters. The van der Waals surface area contributed by atoms with Gasteiger partial charge in [0.1, 0.15) is 11.8 Å². The molecule has 18 heavy (non-hydrogen) atoms. The minimum absolute atomic E-state index is 0. The van der Waals surface area contributed by atoms with Gasteiger partial charge < -0.3 is 14.8 Å². The predicted octanol–water partition coefficient (Wildman–Crippen LogP) is 1.33. The number of rotatable bonds is 2. The van der Waals surface area contributed by atoms with E-state index in [9.17, 15) is 14.7 Å². The molecule has 0 amide bonds. The molecule has 0 bridgehead atoms. The summed E-state index contributed by atoms with van der Waals surface area (Å²) in [7, 11) is 0. The highest BCUT2D eigenvalue weighted by molar-refractivity contribution is 8.93. The number of pyridine rings is 2. The zero-order valence-corrected chi connectivity index (χ0v) is 11.1. The van der Waals surface area contributed by atoms with E-state index in [0.29, 0.717) is 5.52 Å². The smallest absolute Gasteiger partial charge is 0.326 e. The summed E-state index contributed by atoms with van der Waals surface area (Å²) in [6.45, 7) is 1.41. The van der Waals surface area contributed by atoms with Gasteiger partial charge in [-0.05, 0) is 19.1 Å². The summed E-state index contributed by atoms with van der Waals surface area (Å²) >= 11 is 0. The first-order valence-electron chi connectivity index (χ1n) is 4.93. The number of hydrogen-bond donors (Lipinski definition) is 2. The van der Waals surface area contributed by atoms with E-state index < -0.39 is 17.6 Å². The molecule has 0 radical (unpaired) electrons. The van der Waals surface area contributed by atoms with Crippen LogP contribution in [0.3, 0.4) is 0 Å². The molecule has 1 atom stereocenters. The van der Waals surface area contributed by atoms with Crippen molar-refractivity contribution in [1.29, 1.82) is 0 Å². The second-order valence-electron chi connectivity index (χ2n) is 3.67. The second-order valence-corrected chi connectivity index (χ2v) is 3.67. The van der Waals surface area contributed by atoms with Crippen molar-refractivity contribution >= 4 is 33.9 Å². The lowest BCUT2D eigenvalue weighted by Gasteiger charge is -2.10. The van der Waals surface area contributed by atoms with Crippen LogP contribution >= 0.6 is 17.0 Å². The van der Waals surface area contributed by atoms with Gasteiger partial charge in [0.2, 0.25) is 0 Å². The topological polar surface area (TPSA) is 92.4 Å². The summed E-state index contributed by atoms with van der Waals surface area (Å²) in [5, 5.41) is 18.3. The van der Waals surface area contributed by atoms with Gasteiger partial charge >= 0.3 is 5.97 Å². The zero-order chi connectivity index (χ0) is 12.6. The maximum Gasteiger partial charge on any atom is 0.326 e. The van der Waals surface area contributed by atoms with Crippen molar-refractivity contribution < 1.29 is 15.0 Å². The minimum atomic E-state index is -1.10. The summed E-state index contributed by atoms with van der Waals surface area (Å²) < 4.78 is 1.09. The largest absolute Gasteiger partial charge is 0.506 e. The van der Waals surface area contributed by atoms with Crippen LogP contribution in [0.5, 0.6) is 5.75 Å². The Morgan fingerprint density at radius 2 is 2.17 bits per heavy atom. The lowest BCUT2D eigenvalue weighted by molar-refractivity contribution is -0.140. The predicted molar refractivity (Wildman–Crippen MR) is 70.3 cm³/mol. The van der Waals surface area contributed by atoms with E-state index in [1.807, 2.05) is 0 Å². The number of carbonyl (C=O) groups is 1. The van der Waals surface area contributed by atoms with Gasteiger partial charge in [-0.25, -0.2) is 4.79 Å². The standard InChI is InChI=1S/C11H10N2O4.BrH/c1-6(11(16)17)13-3-2-9-8(10(13)15)4-7(14)5-12-9;/h2-6,14H,1H3,(H,16,17);1H. The third-order valence-corrected chi connectivity index (χ3v) is 2.54. The molecule has 2 aromatic heterocycles. The van der Waals surface area contributed by atoms with Crippen LogP contribution in [-0.2, 0) is 4.79 Å². The number of aliphatic carboxylic acids is 1. The lowest BCUT2D eigenvalue weighted by atomic mass is 10.2.